The quantitative estimate of drug-likeness (QED) is 0.805. The summed E-state index contributed by atoms with van der Waals surface area (Å²) in [4.78, 5) is 13.3. The second-order valence-electron chi connectivity index (χ2n) is 4.22. The molecule has 1 aromatic carbocycles. The van der Waals surface area contributed by atoms with Gasteiger partial charge in [-0.05, 0) is 24.3 Å². The van der Waals surface area contributed by atoms with Gasteiger partial charge in [0.15, 0.2) is 5.69 Å². The zero-order valence-electron chi connectivity index (χ0n) is 11.2. The molecular weight excluding hydrogens is 325 g/mol. The predicted octanol–water partition coefficient (Wildman–Crippen LogP) is 2.67. The monoisotopic (exact) mass is 333 g/mol. The van der Waals surface area contributed by atoms with E-state index < -0.39 is 5.91 Å². The van der Waals surface area contributed by atoms with E-state index in [1.807, 2.05) is 12.1 Å². The van der Waals surface area contributed by atoms with Crippen molar-refractivity contribution in [3.63, 3.8) is 0 Å². The van der Waals surface area contributed by atoms with Crippen LogP contribution in [0.3, 0.4) is 0 Å². The third-order valence-corrected chi connectivity index (χ3v) is 3.53. The summed E-state index contributed by atoms with van der Waals surface area (Å²) < 4.78 is 1.46. The fraction of sp³-hybridized carbons (Fsp3) is 0.143. The largest absolute Gasteiger partial charge is 0.311 e. The molecule has 0 bridgehead atoms. The van der Waals surface area contributed by atoms with Crippen molar-refractivity contribution in [2.75, 3.05) is 13.1 Å². The number of rotatable bonds is 4. The zero-order valence-corrected chi connectivity index (χ0v) is 12.7. The fourth-order valence-electron chi connectivity index (χ4n) is 1.74. The van der Waals surface area contributed by atoms with Gasteiger partial charge in [0.25, 0.3) is 5.91 Å². The summed E-state index contributed by atoms with van der Waals surface area (Å²) in [5, 5.41) is 22.3. The molecule has 1 aromatic heterocycles. The maximum atomic E-state index is 12.2. The summed E-state index contributed by atoms with van der Waals surface area (Å²) in [5.41, 5.74) is 0.775. The van der Waals surface area contributed by atoms with Crippen LogP contribution in [0.4, 0.5) is 0 Å². The Kier molecular flexibility index (Phi) is 5.00. The van der Waals surface area contributed by atoms with Crippen LogP contribution < -0.4 is 0 Å². The van der Waals surface area contributed by atoms with E-state index in [-0.39, 0.29) is 18.8 Å². The molecule has 8 heteroatoms. The Labute approximate surface area is 136 Å². The second-order valence-corrected chi connectivity index (χ2v) is 5.04. The number of aromatic nitrogens is 2. The maximum absolute atomic E-state index is 12.2. The lowest BCUT2D eigenvalue weighted by atomic mass is 10.3. The van der Waals surface area contributed by atoms with Gasteiger partial charge in [0.05, 0.1) is 27.9 Å². The minimum absolute atomic E-state index is 0.136. The van der Waals surface area contributed by atoms with Crippen molar-refractivity contribution < 1.29 is 4.79 Å². The average molecular weight is 334 g/mol. The molecule has 2 rings (SSSR count). The average Bonchev–Trinajstić information content (AvgIpc) is 2.99. The maximum Gasteiger partial charge on any atom is 0.276 e. The van der Waals surface area contributed by atoms with Crippen molar-refractivity contribution in [1.29, 1.82) is 10.5 Å². The number of hydrogen-bond donors (Lipinski definition) is 0. The molecule has 0 aliphatic heterocycles. The zero-order chi connectivity index (χ0) is 16.1. The minimum Gasteiger partial charge on any atom is -0.311 e. The van der Waals surface area contributed by atoms with E-state index in [1.54, 1.807) is 24.4 Å². The molecule has 0 saturated carbocycles. The van der Waals surface area contributed by atoms with Crippen molar-refractivity contribution in [3.05, 3.63) is 46.2 Å². The Balaban J connectivity index is 2.27. The SMILES string of the molecule is N#CCN(CC#N)C(=O)c1ccn(-c2ccc(Cl)c(Cl)c2)n1. The van der Waals surface area contributed by atoms with E-state index in [4.69, 9.17) is 33.7 Å². The third-order valence-electron chi connectivity index (χ3n) is 2.79. The first kappa shape index (κ1) is 15.8. The molecule has 0 radical (unpaired) electrons. The van der Waals surface area contributed by atoms with Gasteiger partial charge in [-0.3, -0.25) is 4.79 Å². The molecule has 0 atom stereocenters. The van der Waals surface area contributed by atoms with Crippen molar-refractivity contribution in [2.24, 2.45) is 0 Å². The lowest BCUT2D eigenvalue weighted by Gasteiger charge is -2.13. The van der Waals surface area contributed by atoms with Gasteiger partial charge in [0, 0.05) is 6.20 Å². The lowest BCUT2D eigenvalue weighted by Crippen LogP contribution is -2.32. The van der Waals surface area contributed by atoms with Crippen LogP contribution in [-0.4, -0.2) is 33.7 Å². The summed E-state index contributed by atoms with van der Waals surface area (Å²) in [6, 6.07) is 10.1. The van der Waals surface area contributed by atoms with Gasteiger partial charge in [-0.1, -0.05) is 23.2 Å². The van der Waals surface area contributed by atoms with Gasteiger partial charge in [-0.25, -0.2) is 4.68 Å². The first-order valence-electron chi connectivity index (χ1n) is 6.11. The number of nitrogens with zero attached hydrogens (tertiary/aromatic N) is 5. The molecule has 110 valence electrons. The summed E-state index contributed by atoms with van der Waals surface area (Å²) >= 11 is 11.8. The highest BCUT2D eigenvalue weighted by Gasteiger charge is 2.18. The van der Waals surface area contributed by atoms with E-state index >= 15 is 0 Å². The Hall–Kier alpha value is -2.54. The number of halogens is 2. The van der Waals surface area contributed by atoms with Crippen LogP contribution in [-0.2, 0) is 0 Å². The lowest BCUT2D eigenvalue weighted by molar-refractivity contribution is 0.0788. The highest BCUT2D eigenvalue weighted by Crippen LogP contribution is 2.24. The van der Waals surface area contributed by atoms with Gasteiger partial charge in [0.2, 0.25) is 0 Å². The normalized spacial score (nSPS) is 9.82. The van der Waals surface area contributed by atoms with E-state index in [9.17, 15) is 4.79 Å². The van der Waals surface area contributed by atoms with Gasteiger partial charge in [-0.2, -0.15) is 15.6 Å². The molecule has 0 saturated heterocycles. The highest BCUT2D eigenvalue weighted by molar-refractivity contribution is 6.42. The molecule has 2 aromatic rings. The number of nitriles is 2. The minimum atomic E-state index is -0.484. The first-order valence-corrected chi connectivity index (χ1v) is 6.86. The smallest absolute Gasteiger partial charge is 0.276 e. The summed E-state index contributed by atoms with van der Waals surface area (Å²) in [5.74, 6) is -0.484. The summed E-state index contributed by atoms with van der Waals surface area (Å²) in [6.07, 6.45) is 1.59. The fourth-order valence-corrected chi connectivity index (χ4v) is 2.03. The topological polar surface area (TPSA) is 85.7 Å². The Morgan fingerprint density at radius 2 is 1.86 bits per heavy atom. The summed E-state index contributed by atoms with van der Waals surface area (Å²) in [7, 11) is 0. The number of hydrogen-bond acceptors (Lipinski definition) is 4. The van der Waals surface area contributed by atoms with Crippen molar-refractivity contribution in [3.8, 4) is 17.8 Å². The standard InChI is InChI=1S/C14H9Cl2N5O/c15-11-2-1-10(9-12(11)16)21-6-3-13(19-21)14(22)20(7-4-17)8-5-18/h1-3,6,9H,7-8H2. The Morgan fingerprint density at radius 1 is 1.18 bits per heavy atom. The van der Waals surface area contributed by atoms with Crippen LogP contribution in [0.1, 0.15) is 10.5 Å². The number of carbonyl (C=O) groups excluding carboxylic acids is 1. The summed E-state index contributed by atoms with van der Waals surface area (Å²) in [6.45, 7) is -0.349. The molecule has 0 fully saturated rings. The van der Waals surface area contributed by atoms with Crippen LogP contribution in [0.2, 0.25) is 10.0 Å². The van der Waals surface area contributed by atoms with E-state index in [0.29, 0.717) is 15.7 Å². The molecule has 0 aliphatic rings. The molecule has 1 heterocycles. The van der Waals surface area contributed by atoms with Gasteiger partial charge < -0.3 is 4.90 Å². The van der Waals surface area contributed by atoms with Gasteiger partial charge in [-0.15, -0.1) is 0 Å². The molecule has 0 unspecified atom stereocenters. The third kappa shape index (κ3) is 3.37. The number of benzene rings is 1. The second kappa shape index (κ2) is 6.95. The highest BCUT2D eigenvalue weighted by atomic mass is 35.5. The molecule has 0 N–H and O–H groups in total. The van der Waals surface area contributed by atoms with Crippen LogP contribution in [0.25, 0.3) is 5.69 Å². The van der Waals surface area contributed by atoms with Crippen LogP contribution in [0, 0.1) is 22.7 Å². The Morgan fingerprint density at radius 3 is 2.45 bits per heavy atom. The van der Waals surface area contributed by atoms with Gasteiger partial charge >= 0.3 is 0 Å². The molecule has 0 aliphatic carbocycles. The van der Waals surface area contributed by atoms with Crippen LogP contribution in [0.15, 0.2) is 30.5 Å². The van der Waals surface area contributed by atoms with Crippen LogP contribution >= 0.6 is 23.2 Å². The Bertz CT molecular complexity index is 771. The van der Waals surface area contributed by atoms with E-state index in [1.165, 1.54) is 10.7 Å². The molecule has 1 amide bonds. The first-order chi connectivity index (χ1) is 10.6. The van der Waals surface area contributed by atoms with Crippen molar-refractivity contribution >= 4 is 29.1 Å². The molecule has 22 heavy (non-hydrogen) atoms. The molecule has 6 nitrogen and oxygen atoms in total. The van der Waals surface area contributed by atoms with Crippen LogP contribution in [0.5, 0.6) is 0 Å². The van der Waals surface area contributed by atoms with Gasteiger partial charge in [0.1, 0.15) is 13.1 Å². The predicted molar refractivity (Wildman–Crippen MR) is 80.7 cm³/mol. The van der Waals surface area contributed by atoms with E-state index in [2.05, 4.69) is 5.10 Å². The number of carbonyl (C=O) groups is 1. The van der Waals surface area contributed by atoms with Crippen molar-refractivity contribution in [2.45, 2.75) is 0 Å². The molecule has 0 spiro atoms. The van der Waals surface area contributed by atoms with Crippen molar-refractivity contribution in [1.82, 2.24) is 14.7 Å². The van der Waals surface area contributed by atoms with E-state index in [0.717, 1.165) is 4.90 Å². The number of amides is 1. The molecular formula is C14H9Cl2N5O.